The molecule has 0 saturated heterocycles. The average Bonchev–Trinajstić information content (AvgIpc) is 3.23. The van der Waals surface area contributed by atoms with E-state index in [-0.39, 0.29) is 17.7 Å². The van der Waals surface area contributed by atoms with Crippen molar-refractivity contribution < 1.29 is 8.42 Å². The van der Waals surface area contributed by atoms with Crippen LogP contribution in [0.1, 0.15) is 61.7 Å². The number of halogens is 3. The van der Waals surface area contributed by atoms with E-state index in [2.05, 4.69) is 15.2 Å². The number of benzene rings is 2. The molecule has 0 amide bonds. The first-order valence-corrected chi connectivity index (χ1v) is 13.6. The van der Waals surface area contributed by atoms with Crippen LogP contribution in [0.4, 0.5) is 0 Å². The van der Waals surface area contributed by atoms with Gasteiger partial charge in [-0.2, -0.15) is 5.10 Å². The van der Waals surface area contributed by atoms with Gasteiger partial charge in [0.25, 0.3) is 0 Å². The van der Waals surface area contributed by atoms with E-state index in [4.69, 9.17) is 34.8 Å². The second-order valence-electron chi connectivity index (χ2n) is 8.54. The second-order valence-corrected chi connectivity index (χ2v) is 11.6. The largest absolute Gasteiger partial charge is 0.302 e. The van der Waals surface area contributed by atoms with Gasteiger partial charge >= 0.3 is 0 Å². The maximum absolute atomic E-state index is 13.1. The Morgan fingerprint density at radius 3 is 2.38 bits per heavy atom. The van der Waals surface area contributed by atoms with Gasteiger partial charge in [-0.3, -0.25) is 0 Å². The fourth-order valence-corrected chi connectivity index (χ4v) is 6.79. The summed E-state index contributed by atoms with van der Waals surface area (Å²) in [5.74, 6) is 0.309. The molecule has 32 heavy (non-hydrogen) atoms. The lowest BCUT2D eigenvalue weighted by Crippen LogP contribution is -2.37. The van der Waals surface area contributed by atoms with E-state index >= 15 is 0 Å². The maximum atomic E-state index is 13.1. The van der Waals surface area contributed by atoms with Crippen LogP contribution < -0.4 is 10.1 Å². The van der Waals surface area contributed by atoms with E-state index in [0.717, 1.165) is 31.2 Å². The number of hydrogen-bond acceptors (Lipinski definition) is 4. The van der Waals surface area contributed by atoms with E-state index in [1.165, 1.54) is 6.42 Å². The molecule has 4 rings (SSSR count). The first-order valence-electron chi connectivity index (χ1n) is 10.8. The van der Waals surface area contributed by atoms with Gasteiger partial charge in [-0.25, -0.2) is 13.1 Å². The average molecular weight is 515 g/mol. The zero-order chi connectivity index (χ0) is 22.7. The highest BCUT2D eigenvalue weighted by Gasteiger charge is 2.32. The van der Waals surface area contributed by atoms with Crippen molar-refractivity contribution in [2.24, 2.45) is 11.0 Å². The van der Waals surface area contributed by atoms with Crippen LogP contribution in [0, 0.1) is 5.92 Å². The van der Waals surface area contributed by atoms with Crippen LogP contribution in [-0.2, 0) is 10.0 Å². The summed E-state index contributed by atoms with van der Waals surface area (Å²) in [6.07, 6.45) is 5.81. The van der Waals surface area contributed by atoms with Gasteiger partial charge < -0.3 is 5.43 Å². The zero-order valence-electron chi connectivity index (χ0n) is 17.5. The first-order chi connectivity index (χ1) is 15.3. The monoisotopic (exact) mass is 513 g/mol. The van der Waals surface area contributed by atoms with Crippen LogP contribution in [0.25, 0.3) is 0 Å². The molecule has 0 aromatic heterocycles. The molecule has 0 radical (unpaired) electrons. The van der Waals surface area contributed by atoms with Crippen molar-refractivity contribution in [1.82, 2.24) is 10.1 Å². The number of nitrogens with one attached hydrogen (secondary N) is 2. The van der Waals surface area contributed by atoms with Gasteiger partial charge in [0.1, 0.15) is 0 Å². The molecule has 2 aromatic rings. The van der Waals surface area contributed by atoms with Crippen molar-refractivity contribution in [2.75, 3.05) is 5.75 Å². The minimum Gasteiger partial charge on any atom is -0.302 e. The Balaban J connectivity index is 1.57. The highest BCUT2D eigenvalue weighted by Crippen LogP contribution is 2.33. The first kappa shape index (κ1) is 23.8. The van der Waals surface area contributed by atoms with E-state index in [0.29, 0.717) is 32.8 Å². The Hall–Kier alpha value is -1.31. The second kappa shape index (κ2) is 10.3. The van der Waals surface area contributed by atoms with Crippen LogP contribution in [0.15, 0.2) is 47.6 Å². The van der Waals surface area contributed by atoms with Gasteiger partial charge in [0.05, 0.1) is 23.5 Å². The number of sulfonamides is 1. The molecule has 0 bridgehead atoms. The normalized spacial score (nSPS) is 20.6. The molecule has 2 aliphatic rings. The molecule has 2 aromatic carbocycles. The Morgan fingerprint density at radius 1 is 1.00 bits per heavy atom. The number of rotatable bonds is 7. The Morgan fingerprint density at radius 2 is 1.69 bits per heavy atom. The summed E-state index contributed by atoms with van der Waals surface area (Å²) in [5, 5.41) is 6.06. The molecule has 2 unspecified atom stereocenters. The van der Waals surface area contributed by atoms with Crippen LogP contribution in [0.2, 0.25) is 15.1 Å². The Bertz CT molecular complexity index is 1080. The summed E-state index contributed by atoms with van der Waals surface area (Å²) in [6.45, 7) is 0. The summed E-state index contributed by atoms with van der Waals surface area (Å²) in [6, 6.07) is 11.9. The lowest BCUT2D eigenvalue weighted by atomic mass is 9.91. The minimum absolute atomic E-state index is 0.0707. The number of nitrogens with zero attached hydrogens (tertiary/aromatic N) is 1. The molecule has 1 aliphatic carbocycles. The van der Waals surface area contributed by atoms with E-state index in [1.54, 1.807) is 18.2 Å². The quantitative estimate of drug-likeness (QED) is 0.457. The van der Waals surface area contributed by atoms with Crippen molar-refractivity contribution in [3.8, 4) is 0 Å². The molecular formula is C23H26Cl3N3O2S. The lowest BCUT2D eigenvalue weighted by Gasteiger charge is -2.25. The lowest BCUT2D eigenvalue weighted by molar-refractivity contribution is 0.383. The highest BCUT2D eigenvalue weighted by molar-refractivity contribution is 7.89. The highest BCUT2D eigenvalue weighted by atomic mass is 35.5. The smallest absolute Gasteiger partial charge is 0.212 e. The fraction of sp³-hybridized carbons (Fsp3) is 0.435. The summed E-state index contributed by atoms with van der Waals surface area (Å²) >= 11 is 18.6. The predicted molar refractivity (Wildman–Crippen MR) is 132 cm³/mol. The maximum Gasteiger partial charge on any atom is 0.212 e. The molecule has 5 nitrogen and oxygen atoms in total. The molecule has 1 aliphatic heterocycles. The van der Waals surface area contributed by atoms with E-state index in [9.17, 15) is 8.42 Å². The van der Waals surface area contributed by atoms with Gasteiger partial charge in [0, 0.05) is 21.5 Å². The molecule has 9 heteroatoms. The third kappa shape index (κ3) is 5.97. The van der Waals surface area contributed by atoms with Gasteiger partial charge in [0.15, 0.2) is 0 Å². The SMILES string of the molecule is O=S(=O)(CC1CCCCC1)NC(C1=NNC(c2ccc(Cl)cc2)C1)c1ccc(Cl)cc1Cl. The minimum atomic E-state index is -3.55. The van der Waals surface area contributed by atoms with Crippen LogP contribution in [0.5, 0.6) is 0 Å². The standard InChI is InChI=1S/C23H26Cl3N3O2S/c24-17-8-6-16(7-9-17)21-13-22(28-27-21)23(19-11-10-18(25)12-20(19)26)29-32(30,31)14-15-4-2-1-3-5-15/h6-12,15,21,23,27,29H,1-5,13-14H2. The zero-order valence-corrected chi connectivity index (χ0v) is 20.6. The Labute approximate surface area is 204 Å². The number of hydrazone groups is 1. The molecule has 172 valence electrons. The molecule has 1 heterocycles. The summed E-state index contributed by atoms with van der Waals surface area (Å²) in [7, 11) is -3.55. The molecule has 2 N–H and O–H groups in total. The molecule has 2 atom stereocenters. The van der Waals surface area contributed by atoms with E-state index in [1.807, 2.05) is 24.3 Å². The Kier molecular flexibility index (Phi) is 7.68. The van der Waals surface area contributed by atoms with Crippen molar-refractivity contribution in [1.29, 1.82) is 0 Å². The van der Waals surface area contributed by atoms with Crippen molar-refractivity contribution >= 4 is 50.5 Å². The van der Waals surface area contributed by atoms with E-state index < -0.39 is 16.1 Å². The third-order valence-corrected chi connectivity index (χ3v) is 8.45. The topological polar surface area (TPSA) is 70.6 Å². The predicted octanol–water partition coefficient (Wildman–Crippen LogP) is 6.28. The van der Waals surface area contributed by atoms with Gasteiger partial charge in [-0.1, -0.05) is 72.3 Å². The summed E-state index contributed by atoms with van der Waals surface area (Å²) in [4.78, 5) is 0. The van der Waals surface area contributed by atoms with Crippen LogP contribution in [0.3, 0.4) is 0 Å². The van der Waals surface area contributed by atoms with Gasteiger partial charge in [-0.15, -0.1) is 0 Å². The fourth-order valence-electron chi connectivity index (χ4n) is 4.47. The molecule has 1 saturated carbocycles. The number of hydrogen-bond donors (Lipinski definition) is 2. The van der Waals surface area contributed by atoms with Crippen molar-refractivity contribution in [3.63, 3.8) is 0 Å². The van der Waals surface area contributed by atoms with Crippen molar-refractivity contribution in [2.45, 2.75) is 50.6 Å². The third-order valence-electron chi connectivity index (χ3n) is 6.13. The van der Waals surface area contributed by atoms with Crippen LogP contribution in [-0.4, -0.2) is 19.9 Å². The van der Waals surface area contributed by atoms with Crippen LogP contribution >= 0.6 is 34.8 Å². The molecular weight excluding hydrogens is 489 g/mol. The summed E-state index contributed by atoms with van der Waals surface area (Å²) < 4.78 is 29.2. The van der Waals surface area contributed by atoms with Crippen molar-refractivity contribution in [3.05, 3.63) is 68.7 Å². The summed E-state index contributed by atoms with van der Waals surface area (Å²) in [5.41, 5.74) is 5.48. The molecule has 0 spiro atoms. The molecule has 1 fully saturated rings. The van der Waals surface area contributed by atoms with Gasteiger partial charge in [-0.05, 0) is 54.2 Å². The van der Waals surface area contributed by atoms with Gasteiger partial charge in [0.2, 0.25) is 10.0 Å².